The fraction of sp³-hybridized carbons (Fsp3) is 0.167. The number of amides is 1. The molecule has 4 nitrogen and oxygen atoms in total. The SMILES string of the molecule is Nc1cnccc1C(=O)NCCc1ccc(Cl)s1. The van der Waals surface area contributed by atoms with Crippen LogP contribution in [0.25, 0.3) is 0 Å². The number of nitrogens with one attached hydrogen (secondary N) is 1. The molecule has 0 saturated carbocycles. The Morgan fingerprint density at radius 2 is 2.28 bits per heavy atom. The molecular formula is C12H12ClN3OS. The number of nitrogen functional groups attached to an aromatic ring is 1. The van der Waals surface area contributed by atoms with Gasteiger partial charge in [-0.15, -0.1) is 11.3 Å². The number of hydrogen-bond donors (Lipinski definition) is 2. The first-order valence-electron chi connectivity index (χ1n) is 5.38. The molecule has 2 aromatic rings. The first-order chi connectivity index (χ1) is 8.66. The number of halogens is 1. The number of anilines is 1. The molecule has 0 saturated heterocycles. The third-order valence-electron chi connectivity index (χ3n) is 2.38. The highest BCUT2D eigenvalue weighted by molar-refractivity contribution is 7.16. The van der Waals surface area contributed by atoms with Crippen molar-refractivity contribution in [1.82, 2.24) is 10.3 Å². The van der Waals surface area contributed by atoms with E-state index in [1.54, 1.807) is 12.3 Å². The van der Waals surface area contributed by atoms with Crippen molar-refractivity contribution in [3.8, 4) is 0 Å². The van der Waals surface area contributed by atoms with Crippen molar-refractivity contribution in [3.63, 3.8) is 0 Å². The van der Waals surface area contributed by atoms with Crippen LogP contribution in [0.5, 0.6) is 0 Å². The number of nitrogens with zero attached hydrogens (tertiary/aromatic N) is 1. The normalized spacial score (nSPS) is 10.3. The Kier molecular flexibility index (Phi) is 4.17. The van der Waals surface area contributed by atoms with Crippen molar-refractivity contribution in [2.24, 2.45) is 0 Å². The molecule has 94 valence electrons. The number of nitrogens with two attached hydrogens (primary N) is 1. The standard InChI is InChI=1S/C12H12ClN3OS/c13-11-2-1-8(18-11)3-6-16-12(17)9-4-5-15-7-10(9)14/h1-2,4-5,7H,3,6,14H2,(H,16,17). The monoisotopic (exact) mass is 281 g/mol. The highest BCUT2D eigenvalue weighted by atomic mass is 35.5. The quantitative estimate of drug-likeness (QED) is 0.904. The van der Waals surface area contributed by atoms with Gasteiger partial charge in [-0.05, 0) is 24.6 Å². The average Bonchev–Trinajstić information content (AvgIpc) is 2.75. The zero-order valence-electron chi connectivity index (χ0n) is 9.52. The van der Waals surface area contributed by atoms with E-state index in [0.29, 0.717) is 17.8 Å². The maximum absolute atomic E-state index is 11.8. The van der Waals surface area contributed by atoms with Crippen molar-refractivity contribution >= 4 is 34.5 Å². The molecule has 2 rings (SSSR count). The first-order valence-corrected chi connectivity index (χ1v) is 6.58. The fourth-order valence-electron chi connectivity index (χ4n) is 1.49. The minimum absolute atomic E-state index is 0.183. The summed E-state index contributed by atoms with van der Waals surface area (Å²) in [6.07, 6.45) is 3.77. The number of thiophene rings is 1. The first kappa shape index (κ1) is 12.9. The second-order valence-corrected chi connectivity index (χ2v) is 5.47. The van der Waals surface area contributed by atoms with Crippen LogP contribution in [0.1, 0.15) is 15.2 Å². The molecular weight excluding hydrogens is 270 g/mol. The molecule has 0 unspecified atom stereocenters. The van der Waals surface area contributed by atoms with Gasteiger partial charge in [0.1, 0.15) is 0 Å². The molecule has 2 heterocycles. The van der Waals surface area contributed by atoms with E-state index in [1.807, 2.05) is 12.1 Å². The third-order valence-corrected chi connectivity index (χ3v) is 3.67. The lowest BCUT2D eigenvalue weighted by molar-refractivity contribution is 0.0955. The maximum Gasteiger partial charge on any atom is 0.253 e. The summed E-state index contributed by atoms with van der Waals surface area (Å²) in [5.74, 6) is -0.183. The lowest BCUT2D eigenvalue weighted by atomic mass is 10.2. The predicted octanol–water partition coefficient (Wildman–Crippen LogP) is 2.35. The summed E-state index contributed by atoms with van der Waals surface area (Å²) in [6.45, 7) is 0.553. The highest BCUT2D eigenvalue weighted by Crippen LogP contribution is 2.21. The largest absolute Gasteiger partial charge is 0.397 e. The van der Waals surface area contributed by atoms with Crippen LogP contribution >= 0.6 is 22.9 Å². The zero-order valence-corrected chi connectivity index (χ0v) is 11.1. The van der Waals surface area contributed by atoms with E-state index >= 15 is 0 Å². The Bertz CT molecular complexity index is 556. The van der Waals surface area contributed by atoms with Gasteiger partial charge in [0.05, 0.1) is 21.8 Å². The molecule has 6 heteroatoms. The van der Waals surface area contributed by atoms with Crippen molar-refractivity contribution in [1.29, 1.82) is 0 Å². The molecule has 3 N–H and O–H groups in total. The summed E-state index contributed by atoms with van der Waals surface area (Å²) in [7, 11) is 0. The van der Waals surface area contributed by atoms with E-state index in [4.69, 9.17) is 17.3 Å². The predicted molar refractivity (Wildman–Crippen MR) is 74.0 cm³/mol. The molecule has 0 aliphatic rings. The van der Waals surface area contributed by atoms with Crippen LogP contribution < -0.4 is 11.1 Å². The molecule has 0 bridgehead atoms. The Morgan fingerprint density at radius 1 is 1.44 bits per heavy atom. The number of rotatable bonds is 4. The fourth-order valence-corrected chi connectivity index (χ4v) is 2.58. The van der Waals surface area contributed by atoms with Gasteiger partial charge in [-0.25, -0.2) is 0 Å². The summed E-state index contributed by atoms with van der Waals surface area (Å²) in [5, 5.41) is 2.81. The molecule has 2 aromatic heterocycles. The van der Waals surface area contributed by atoms with Gasteiger partial charge >= 0.3 is 0 Å². The number of carbonyl (C=O) groups is 1. The summed E-state index contributed by atoms with van der Waals surface area (Å²) < 4.78 is 0.759. The maximum atomic E-state index is 11.8. The van der Waals surface area contributed by atoms with E-state index < -0.39 is 0 Å². The zero-order chi connectivity index (χ0) is 13.0. The highest BCUT2D eigenvalue weighted by Gasteiger charge is 2.08. The van der Waals surface area contributed by atoms with Gasteiger partial charge in [0.15, 0.2) is 0 Å². The lowest BCUT2D eigenvalue weighted by Gasteiger charge is -2.06. The van der Waals surface area contributed by atoms with Gasteiger partial charge in [-0.3, -0.25) is 9.78 Å². The molecule has 18 heavy (non-hydrogen) atoms. The van der Waals surface area contributed by atoms with Crippen molar-refractivity contribution in [2.75, 3.05) is 12.3 Å². The molecule has 0 spiro atoms. The second kappa shape index (κ2) is 5.84. The van der Waals surface area contributed by atoms with Crippen molar-refractivity contribution in [3.05, 3.63) is 45.4 Å². The van der Waals surface area contributed by atoms with Crippen LogP contribution in [0.15, 0.2) is 30.6 Å². The van der Waals surface area contributed by atoms with Gasteiger partial charge in [-0.2, -0.15) is 0 Å². The van der Waals surface area contributed by atoms with E-state index in [0.717, 1.165) is 15.6 Å². The van der Waals surface area contributed by atoms with Gasteiger partial charge in [0.25, 0.3) is 5.91 Å². The number of carbonyl (C=O) groups excluding carboxylic acids is 1. The smallest absolute Gasteiger partial charge is 0.253 e. The minimum Gasteiger partial charge on any atom is -0.397 e. The number of aromatic nitrogens is 1. The Labute approximate surface area is 114 Å². The summed E-state index contributed by atoms with van der Waals surface area (Å²) >= 11 is 7.34. The topological polar surface area (TPSA) is 68.0 Å². The van der Waals surface area contributed by atoms with Crippen molar-refractivity contribution in [2.45, 2.75) is 6.42 Å². The molecule has 0 radical (unpaired) electrons. The van der Waals surface area contributed by atoms with Crippen LogP contribution in [0.3, 0.4) is 0 Å². The summed E-state index contributed by atoms with van der Waals surface area (Å²) in [4.78, 5) is 16.8. The van der Waals surface area contributed by atoms with Gasteiger partial charge in [0, 0.05) is 17.6 Å². The van der Waals surface area contributed by atoms with Crippen LogP contribution in [-0.4, -0.2) is 17.4 Å². The van der Waals surface area contributed by atoms with E-state index in [2.05, 4.69) is 10.3 Å². The second-order valence-electron chi connectivity index (χ2n) is 3.67. The number of hydrogen-bond acceptors (Lipinski definition) is 4. The molecule has 1 amide bonds. The summed E-state index contributed by atoms with van der Waals surface area (Å²) in [6, 6.07) is 5.41. The summed E-state index contributed by atoms with van der Waals surface area (Å²) in [5.41, 5.74) is 6.51. The third kappa shape index (κ3) is 3.21. The average molecular weight is 282 g/mol. The molecule has 0 aliphatic carbocycles. The Balaban J connectivity index is 1.87. The van der Waals surface area contributed by atoms with E-state index in [9.17, 15) is 4.79 Å². The van der Waals surface area contributed by atoms with E-state index in [-0.39, 0.29) is 5.91 Å². The lowest BCUT2D eigenvalue weighted by Crippen LogP contribution is -2.26. The number of pyridine rings is 1. The Hall–Kier alpha value is -1.59. The Morgan fingerprint density at radius 3 is 2.94 bits per heavy atom. The van der Waals surface area contributed by atoms with Crippen LogP contribution in [0.4, 0.5) is 5.69 Å². The molecule has 0 aliphatic heterocycles. The van der Waals surface area contributed by atoms with Crippen LogP contribution in [-0.2, 0) is 6.42 Å². The van der Waals surface area contributed by atoms with Gasteiger partial charge < -0.3 is 11.1 Å². The molecule has 0 aromatic carbocycles. The van der Waals surface area contributed by atoms with Crippen LogP contribution in [0, 0.1) is 0 Å². The molecule has 0 fully saturated rings. The molecule has 0 atom stereocenters. The van der Waals surface area contributed by atoms with Crippen molar-refractivity contribution < 1.29 is 4.79 Å². The minimum atomic E-state index is -0.183. The van der Waals surface area contributed by atoms with Crippen LogP contribution in [0.2, 0.25) is 4.34 Å². The van der Waals surface area contributed by atoms with Gasteiger partial charge in [0.2, 0.25) is 0 Å². The van der Waals surface area contributed by atoms with E-state index in [1.165, 1.54) is 17.5 Å². The van der Waals surface area contributed by atoms with Gasteiger partial charge in [-0.1, -0.05) is 11.6 Å².